The number of Topliss-reactive ketones (excluding diaryl/α,β-unsaturated/α-hetero) is 1. The second-order valence-corrected chi connectivity index (χ2v) is 9.24. The van der Waals surface area contributed by atoms with Crippen LogP contribution in [0.2, 0.25) is 0 Å². The number of halogens is 1. The minimum atomic E-state index is -0.768. The van der Waals surface area contributed by atoms with E-state index in [1.807, 2.05) is 6.92 Å². The van der Waals surface area contributed by atoms with Gasteiger partial charge in [-0.05, 0) is 67.6 Å². The number of fused-ring (bicyclic) bond motifs is 5. The summed E-state index contributed by atoms with van der Waals surface area (Å²) in [5.74, 6) is 0.588. The Hall–Kier alpha value is -0.480. The quantitative estimate of drug-likeness (QED) is 0.720. The molecule has 23 heavy (non-hydrogen) atoms. The standard InChI is InChI=1S/C19H29FO3/c1-18-6-5-11(20)7-10(18)8-13(21)16-12-3-4-15(23)19(12,2)9-14(22)17(16)18/h10-14,16-17,21-22H,3-9H2,1-2H3/t10-,11-,12+,13-,14-,16+,17-,18+,19+/m1/s1. The van der Waals surface area contributed by atoms with Crippen LogP contribution in [-0.4, -0.2) is 34.4 Å². The number of ketones is 1. The van der Waals surface area contributed by atoms with E-state index >= 15 is 0 Å². The Kier molecular flexibility index (Phi) is 3.49. The first kappa shape index (κ1) is 16.0. The molecular formula is C19H29FO3. The Labute approximate surface area is 137 Å². The first-order chi connectivity index (χ1) is 10.8. The lowest BCUT2D eigenvalue weighted by molar-refractivity contribution is -0.204. The Morgan fingerprint density at radius 1 is 1.13 bits per heavy atom. The summed E-state index contributed by atoms with van der Waals surface area (Å²) >= 11 is 0. The van der Waals surface area contributed by atoms with Gasteiger partial charge in [0.15, 0.2) is 0 Å². The van der Waals surface area contributed by atoms with Crippen LogP contribution in [0.5, 0.6) is 0 Å². The van der Waals surface area contributed by atoms with E-state index in [4.69, 9.17) is 0 Å². The summed E-state index contributed by atoms with van der Waals surface area (Å²) in [4.78, 5) is 12.4. The van der Waals surface area contributed by atoms with Gasteiger partial charge in [-0.3, -0.25) is 4.79 Å². The van der Waals surface area contributed by atoms with Crippen molar-refractivity contribution < 1.29 is 19.4 Å². The van der Waals surface area contributed by atoms with Crippen LogP contribution < -0.4 is 0 Å². The van der Waals surface area contributed by atoms with E-state index < -0.39 is 23.8 Å². The molecule has 4 heteroatoms. The van der Waals surface area contributed by atoms with Gasteiger partial charge in [-0.15, -0.1) is 0 Å². The van der Waals surface area contributed by atoms with E-state index in [9.17, 15) is 19.4 Å². The number of rotatable bonds is 0. The van der Waals surface area contributed by atoms with E-state index in [-0.39, 0.29) is 34.9 Å². The average molecular weight is 324 g/mol. The monoisotopic (exact) mass is 324 g/mol. The van der Waals surface area contributed by atoms with Gasteiger partial charge in [-0.2, -0.15) is 0 Å². The van der Waals surface area contributed by atoms with Crippen molar-refractivity contribution in [1.29, 1.82) is 0 Å². The predicted molar refractivity (Wildman–Crippen MR) is 84.4 cm³/mol. The molecule has 0 radical (unpaired) electrons. The van der Waals surface area contributed by atoms with Crippen molar-refractivity contribution in [1.82, 2.24) is 0 Å². The van der Waals surface area contributed by atoms with Crippen molar-refractivity contribution in [3.05, 3.63) is 0 Å². The van der Waals surface area contributed by atoms with Gasteiger partial charge in [0.05, 0.1) is 12.2 Å². The molecule has 0 unspecified atom stereocenters. The van der Waals surface area contributed by atoms with Crippen molar-refractivity contribution in [2.24, 2.45) is 34.5 Å². The number of hydrogen-bond acceptors (Lipinski definition) is 3. The van der Waals surface area contributed by atoms with Crippen LogP contribution in [-0.2, 0) is 4.79 Å². The molecule has 0 spiro atoms. The summed E-state index contributed by atoms with van der Waals surface area (Å²) in [5.41, 5.74) is -0.569. The number of carbonyl (C=O) groups excluding carboxylic acids is 1. The maximum Gasteiger partial charge on any atom is 0.139 e. The summed E-state index contributed by atoms with van der Waals surface area (Å²) in [5, 5.41) is 21.8. The predicted octanol–water partition coefficient (Wildman–Crippen LogP) is 2.88. The highest BCUT2D eigenvalue weighted by atomic mass is 19.1. The highest BCUT2D eigenvalue weighted by Crippen LogP contribution is 2.65. The summed E-state index contributed by atoms with van der Waals surface area (Å²) in [7, 11) is 0. The van der Waals surface area contributed by atoms with Crippen LogP contribution in [0.4, 0.5) is 4.39 Å². The van der Waals surface area contributed by atoms with Gasteiger partial charge < -0.3 is 10.2 Å². The van der Waals surface area contributed by atoms with E-state index in [2.05, 4.69) is 6.92 Å². The molecule has 4 aliphatic carbocycles. The summed E-state index contributed by atoms with van der Waals surface area (Å²) in [6, 6.07) is 0. The number of aliphatic hydroxyl groups excluding tert-OH is 2. The molecule has 3 nitrogen and oxygen atoms in total. The normalized spacial score (nSPS) is 59.2. The Morgan fingerprint density at radius 3 is 2.61 bits per heavy atom. The molecule has 9 atom stereocenters. The average Bonchev–Trinajstić information content (AvgIpc) is 2.76. The van der Waals surface area contributed by atoms with E-state index in [1.165, 1.54) is 0 Å². The molecule has 2 N–H and O–H groups in total. The Morgan fingerprint density at radius 2 is 1.87 bits per heavy atom. The van der Waals surface area contributed by atoms with Gasteiger partial charge in [0, 0.05) is 11.8 Å². The van der Waals surface area contributed by atoms with Gasteiger partial charge in [-0.1, -0.05) is 13.8 Å². The van der Waals surface area contributed by atoms with Crippen LogP contribution >= 0.6 is 0 Å². The van der Waals surface area contributed by atoms with E-state index in [0.29, 0.717) is 32.1 Å². The summed E-state index contributed by atoms with van der Waals surface area (Å²) in [6.45, 7) is 4.20. The number of alkyl halides is 1. The van der Waals surface area contributed by atoms with Crippen LogP contribution in [0.3, 0.4) is 0 Å². The first-order valence-corrected chi connectivity index (χ1v) is 9.31. The largest absolute Gasteiger partial charge is 0.393 e. The molecule has 0 aliphatic heterocycles. The van der Waals surface area contributed by atoms with Gasteiger partial charge in [0.2, 0.25) is 0 Å². The highest BCUT2D eigenvalue weighted by Gasteiger charge is 2.65. The minimum absolute atomic E-state index is 0.00684. The molecule has 0 saturated heterocycles. The van der Waals surface area contributed by atoms with Crippen LogP contribution in [0.1, 0.15) is 58.8 Å². The molecule has 0 aromatic carbocycles. The minimum Gasteiger partial charge on any atom is -0.393 e. The molecule has 4 rings (SSSR count). The van der Waals surface area contributed by atoms with Crippen LogP contribution in [0, 0.1) is 34.5 Å². The molecule has 4 fully saturated rings. The third-order valence-electron chi connectivity index (χ3n) is 8.27. The zero-order chi connectivity index (χ0) is 16.6. The van der Waals surface area contributed by atoms with Gasteiger partial charge in [-0.25, -0.2) is 4.39 Å². The lowest BCUT2D eigenvalue weighted by Crippen LogP contribution is -2.62. The summed E-state index contributed by atoms with van der Waals surface area (Å²) < 4.78 is 13.9. The molecule has 0 heterocycles. The third kappa shape index (κ3) is 2.03. The van der Waals surface area contributed by atoms with Gasteiger partial charge >= 0.3 is 0 Å². The first-order valence-electron chi connectivity index (χ1n) is 9.31. The number of aliphatic hydroxyl groups is 2. The lowest BCUT2D eigenvalue weighted by Gasteiger charge is -2.62. The third-order valence-corrected chi connectivity index (χ3v) is 8.27. The number of carbonyl (C=O) groups is 1. The lowest BCUT2D eigenvalue weighted by atomic mass is 9.44. The maximum absolute atomic E-state index is 13.9. The SMILES string of the molecule is C[C@]12CC[C@@H](F)C[C@@H]1C[C@@H](O)[C@H]1[C@H]2[C@H](O)C[C@]2(C)C(=O)CC[C@@H]12. The smallest absolute Gasteiger partial charge is 0.139 e. The zero-order valence-electron chi connectivity index (χ0n) is 14.2. The van der Waals surface area contributed by atoms with Crippen molar-refractivity contribution in [3.63, 3.8) is 0 Å². The second-order valence-electron chi connectivity index (χ2n) is 9.24. The van der Waals surface area contributed by atoms with Crippen molar-refractivity contribution in [3.8, 4) is 0 Å². The van der Waals surface area contributed by atoms with E-state index in [0.717, 1.165) is 12.8 Å². The van der Waals surface area contributed by atoms with Crippen LogP contribution in [0.15, 0.2) is 0 Å². The molecule has 4 aliphatic rings. The van der Waals surface area contributed by atoms with E-state index in [1.54, 1.807) is 0 Å². The fraction of sp³-hybridized carbons (Fsp3) is 0.947. The molecule has 0 amide bonds. The van der Waals surface area contributed by atoms with Crippen molar-refractivity contribution >= 4 is 5.78 Å². The fourth-order valence-corrected chi connectivity index (χ4v) is 7.06. The molecule has 0 bridgehead atoms. The molecule has 0 aromatic rings. The van der Waals surface area contributed by atoms with Crippen LogP contribution in [0.25, 0.3) is 0 Å². The maximum atomic E-state index is 13.9. The summed E-state index contributed by atoms with van der Waals surface area (Å²) in [6.07, 6.45) is 2.62. The number of hydrogen-bond donors (Lipinski definition) is 2. The molecule has 4 saturated carbocycles. The molecule has 130 valence electrons. The Balaban J connectivity index is 1.74. The second kappa shape index (κ2) is 5.01. The van der Waals surface area contributed by atoms with Crippen molar-refractivity contribution in [2.45, 2.75) is 77.2 Å². The van der Waals surface area contributed by atoms with Gasteiger partial charge in [0.25, 0.3) is 0 Å². The fourth-order valence-electron chi connectivity index (χ4n) is 7.06. The van der Waals surface area contributed by atoms with Crippen molar-refractivity contribution in [2.75, 3.05) is 0 Å². The Bertz CT molecular complexity index is 523. The molecule has 0 aromatic heterocycles. The topological polar surface area (TPSA) is 57.5 Å². The van der Waals surface area contributed by atoms with Gasteiger partial charge in [0.1, 0.15) is 12.0 Å². The zero-order valence-corrected chi connectivity index (χ0v) is 14.2. The highest BCUT2D eigenvalue weighted by molar-refractivity contribution is 5.87. The molecular weight excluding hydrogens is 295 g/mol.